The Kier molecular flexibility index (Phi) is 10.8. The van der Waals surface area contributed by atoms with Gasteiger partial charge in [0.05, 0.1) is 6.54 Å². The third-order valence-electron chi connectivity index (χ3n) is 4.70. The van der Waals surface area contributed by atoms with E-state index in [0.29, 0.717) is 18.1 Å². The van der Waals surface area contributed by atoms with Crippen LogP contribution in [0.4, 0.5) is 4.79 Å². The summed E-state index contributed by atoms with van der Waals surface area (Å²) >= 11 is 0. The summed E-state index contributed by atoms with van der Waals surface area (Å²) < 4.78 is 11.1. The van der Waals surface area contributed by atoms with Crippen LogP contribution in [0.2, 0.25) is 0 Å². The lowest BCUT2D eigenvalue weighted by Crippen LogP contribution is -2.45. The van der Waals surface area contributed by atoms with Crippen LogP contribution in [0.3, 0.4) is 0 Å². The number of ether oxygens (including phenoxy) is 2. The van der Waals surface area contributed by atoms with Crippen LogP contribution in [0.1, 0.15) is 12.0 Å². The van der Waals surface area contributed by atoms with Gasteiger partial charge < -0.3 is 31.2 Å². The lowest BCUT2D eigenvalue weighted by atomic mass is 10.1. The summed E-state index contributed by atoms with van der Waals surface area (Å²) in [6.07, 6.45) is 0.200. The Labute approximate surface area is 198 Å². The summed E-state index contributed by atoms with van der Waals surface area (Å²) in [5.41, 5.74) is 11.7. The molecule has 2 aromatic rings. The normalized spacial score (nSPS) is 16.8. The smallest absolute Gasteiger partial charge is 0.334 e. The summed E-state index contributed by atoms with van der Waals surface area (Å²) in [4.78, 5) is 36.9. The number of benzene rings is 2. The number of hydrogen-bond donors (Lipinski definition) is 3. The Balaban J connectivity index is 0.00000256. The number of amides is 3. The van der Waals surface area contributed by atoms with Crippen LogP contribution in [-0.4, -0.2) is 48.0 Å². The van der Waals surface area contributed by atoms with E-state index < -0.39 is 24.1 Å². The first-order valence-electron chi connectivity index (χ1n) is 9.50. The molecule has 32 heavy (non-hydrogen) atoms. The molecule has 174 valence electrons. The highest BCUT2D eigenvalue weighted by Crippen LogP contribution is 2.23. The second-order valence-corrected chi connectivity index (χ2v) is 6.88. The van der Waals surface area contributed by atoms with Gasteiger partial charge in [-0.3, -0.25) is 4.79 Å². The van der Waals surface area contributed by atoms with Gasteiger partial charge in [0.25, 0.3) is 0 Å². The number of likely N-dealkylation sites (tertiary alicyclic amines) is 1. The van der Waals surface area contributed by atoms with Gasteiger partial charge in [-0.2, -0.15) is 0 Å². The molecule has 9 nitrogen and oxygen atoms in total. The number of rotatable bonds is 7. The first kappa shape index (κ1) is 27.0. The van der Waals surface area contributed by atoms with Crippen molar-refractivity contribution in [2.24, 2.45) is 11.5 Å². The van der Waals surface area contributed by atoms with Crippen LogP contribution >= 0.6 is 24.8 Å². The maximum absolute atomic E-state index is 12.6. The number of nitrogens with zero attached hydrogens (tertiary/aromatic N) is 1. The first-order valence-corrected chi connectivity index (χ1v) is 9.50. The molecule has 1 heterocycles. The van der Waals surface area contributed by atoms with E-state index in [4.69, 9.17) is 20.9 Å². The molecule has 0 aromatic heterocycles. The number of hydrogen-bond acceptors (Lipinski definition) is 6. The van der Waals surface area contributed by atoms with Crippen molar-refractivity contribution in [1.29, 1.82) is 0 Å². The first-order chi connectivity index (χ1) is 14.5. The zero-order chi connectivity index (χ0) is 21.5. The van der Waals surface area contributed by atoms with Gasteiger partial charge >= 0.3 is 12.0 Å². The number of nitrogens with one attached hydrogen (secondary N) is 1. The van der Waals surface area contributed by atoms with Crippen molar-refractivity contribution >= 4 is 42.7 Å². The summed E-state index contributed by atoms with van der Waals surface area (Å²) in [7, 11) is 0. The molecule has 5 N–H and O–H groups in total. The Morgan fingerprint density at radius 2 is 1.62 bits per heavy atom. The fraction of sp³-hybridized carbons (Fsp3) is 0.286. The van der Waals surface area contributed by atoms with Crippen LogP contribution in [0.5, 0.6) is 11.5 Å². The largest absolute Gasteiger partial charge is 0.489 e. The summed E-state index contributed by atoms with van der Waals surface area (Å²) in [5.74, 6) is -0.0606. The second-order valence-electron chi connectivity index (χ2n) is 6.88. The predicted octanol–water partition coefficient (Wildman–Crippen LogP) is 1.61. The summed E-state index contributed by atoms with van der Waals surface area (Å²) in [6.45, 7) is 0.361. The Morgan fingerprint density at radius 1 is 1.00 bits per heavy atom. The predicted molar refractivity (Wildman–Crippen MR) is 123 cm³/mol. The van der Waals surface area contributed by atoms with Gasteiger partial charge in [-0.1, -0.05) is 30.3 Å². The number of primary amides is 1. The van der Waals surface area contributed by atoms with Crippen LogP contribution < -0.4 is 26.3 Å². The van der Waals surface area contributed by atoms with Crippen molar-refractivity contribution in [3.63, 3.8) is 0 Å². The van der Waals surface area contributed by atoms with Crippen LogP contribution in [-0.2, 0) is 16.2 Å². The number of nitrogens with two attached hydrogens (primary N) is 2. The molecule has 0 aliphatic carbocycles. The molecule has 1 fully saturated rings. The molecule has 0 spiro atoms. The molecule has 1 aliphatic heterocycles. The van der Waals surface area contributed by atoms with E-state index in [0.717, 1.165) is 5.56 Å². The van der Waals surface area contributed by atoms with Crippen molar-refractivity contribution < 1.29 is 23.9 Å². The van der Waals surface area contributed by atoms with Crippen molar-refractivity contribution in [1.82, 2.24) is 10.2 Å². The van der Waals surface area contributed by atoms with Crippen LogP contribution in [0.25, 0.3) is 0 Å². The van der Waals surface area contributed by atoms with Gasteiger partial charge in [0, 0.05) is 19.0 Å². The maximum Gasteiger partial charge on any atom is 0.334 e. The van der Waals surface area contributed by atoms with Gasteiger partial charge in [0.15, 0.2) is 0 Å². The topological polar surface area (TPSA) is 137 Å². The van der Waals surface area contributed by atoms with Gasteiger partial charge in [0.1, 0.15) is 24.1 Å². The quantitative estimate of drug-likeness (QED) is 0.403. The highest BCUT2D eigenvalue weighted by atomic mass is 35.5. The Morgan fingerprint density at radius 3 is 2.22 bits per heavy atom. The maximum atomic E-state index is 12.6. The zero-order valence-corrected chi connectivity index (χ0v) is 18.8. The van der Waals surface area contributed by atoms with Gasteiger partial charge in [-0.05, 0) is 29.8 Å². The van der Waals surface area contributed by atoms with E-state index >= 15 is 0 Å². The SMILES string of the molecule is Cl.Cl.NCC(=O)NC1C[C@@H](C(=O)Oc2ccc(OCc3ccccc3)cc2)N(C(N)=O)C1. The van der Waals surface area contributed by atoms with Crippen LogP contribution in [0.15, 0.2) is 54.6 Å². The van der Waals surface area contributed by atoms with Gasteiger partial charge in [-0.15, -0.1) is 24.8 Å². The molecule has 1 saturated heterocycles. The molecule has 2 aromatic carbocycles. The van der Waals surface area contributed by atoms with E-state index in [1.807, 2.05) is 30.3 Å². The molecular formula is C21H26Cl2N4O5. The fourth-order valence-electron chi connectivity index (χ4n) is 3.22. The molecule has 0 radical (unpaired) electrons. The van der Waals surface area contributed by atoms with Crippen molar-refractivity contribution in [2.75, 3.05) is 13.1 Å². The molecule has 3 amide bonds. The van der Waals surface area contributed by atoms with Crippen molar-refractivity contribution in [3.8, 4) is 11.5 Å². The molecular weight excluding hydrogens is 459 g/mol. The standard InChI is InChI=1S/C21H24N4O5.2ClH/c22-11-19(26)24-15-10-18(25(12-15)21(23)28)20(27)30-17-8-6-16(7-9-17)29-13-14-4-2-1-3-5-14;;/h1-9,15,18H,10-13,22H2,(H2,23,28)(H,24,26);2*1H/t15?,18-;;/m0../s1. The molecule has 0 bridgehead atoms. The minimum Gasteiger partial charge on any atom is -0.489 e. The molecule has 11 heteroatoms. The lowest BCUT2D eigenvalue weighted by Gasteiger charge is -2.20. The van der Waals surface area contributed by atoms with E-state index in [1.54, 1.807) is 24.3 Å². The van der Waals surface area contributed by atoms with E-state index in [1.165, 1.54) is 4.90 Å². The third-order valence-corrected chi connectivity index (χ3v) is 4.70. The minimum atomic E-state index is -0.889. The van der Waals surface area contributed by atoms with Crippen molar-refractivity contribution in [3.05, 3.63) is 60.2 Å². The highest BCUT2D eigenvalue weighted by molar-refractivity contribution is 5.86. The molecule has 1 aliphatic rings. The fourth-order valence-corrected chi connectivity index (χ4v) is 3.22. The zero-order valence-electron chi connectivity index (χ0n) is 17.1. The van der Waals surface area contributed by atoms with E-state index in [-0.39, 0.29) is 50.2 Å². The molecule has 0 saturated carbocycles. The van der Waals surface area contributed by atoms with Crippen molar-refractivity contribution in [2.45, 2.75) is 25.1 Å². The van der Waals surface area contributed by atoms with Gasteiger partial charge in [0.2, 0.25) is 5.91 Å². The summed E-state index contributed by atoms with van der Waals surface area (Å²) in [6, 6.07) is 14.3. The number of carbonyl (C=O) groups excluding carboxylic acids is 3. The third kappa shape index (κ3) is 7.30. The Hall–Kier alpha value is -3.01. The lowest BCUT2D eigenvalue weighted by molar-refractivity contribution is -0.138. The van der Waals surface area contributed by atoms with E-state index in [9.17, 15) is 14.4 Å². The molecule has 1 unspecified atom stereocenters. The van der Waals surface area contributed by atoms with Gasteiger partial charge in [-0.25, -0.2) is 9.59 Å². The minimum absolute atomic E-state index is 0. The monoisotopic (exact) mass is 484 g/mol. The number of carbonyl (C=O) groups is 3. The van der Waals surface area contributed by atoms with Crippen LogP contribution in [0, 0.1) is 0 Å². The Bertz CT molecular complexity index is 899. The molecule has 2 atom stereocenters. The average molecular weight is 485 g/mol. The number of urea groups is 1. The van der Waals surface area contributed by atoms with E-state index in [2.05, 4.69) is 5.32 Å². The average Bonchev–Trinajstić information content (AvgIpc) is 3.18. The summed E-state index contributed by atoms with van der Waals surface area (Å²) in [5, 5.41) is 2.66. The highest BCUT2D eigenvalue weighted by Gasteiger charge is 2.40. The number of halogens is 2. The second kappa shape index (κ2) is 12.7. The molecule has 3 rings (SSSR count). The number of esters is 1.